The molecule has 0 saturated carbocycles. The van der Waals surface area contributed by atoms with Gasteiger partial charge in [-0.05, 0) is 39.0 Å². The van der Waals surface area contributed by atoms with Crippen molar-refractivity contribution < 1.29 is 27.5 Å². The van der Waals surface area contributed by atoms with Crippen LogP contribution in [0.3, 0.4) is 0 Å². The molecule has 1 heterocycles. The number of nitrogens with two attached hydrogens (primary N) is 1. The Morgan fingerprint density at radius 3 is 2.48 bits per heavy atom. The van der Waals surface area contributed by atoms with Crippen LogP contribution in [0.25, 0.3) is 0 Å². The Kier molecular flexibility index (Phi) is 7.13. The number of rotatable bonds is 6. The molecular weight excluding hydrogens is 398 g/mol. The molecule has 1 aromatic rings. The molecule has 2 unspecified atom stereocenters. The highest BCUT2D eigenvalue weighted by molar-refractivity contribution is 7.89. The summed E-state index contributed by atoms with van der Waals surface area (Å²) in [4.78, 5) is 24.1. The third kappa shape index (κ3) is 5.41. The molecule has 1 aliphatic heterocycles. The van der Waals surface area contributed by atoms with Crippen molar-refractivity contribution in [3.63, 3.8) is 0 Å². The number of hydrogen-bond acceptors (Lipinski definition) is 8. The van der Waals surface area contributed by atoms with Crippen LogP contribution in [-0.4, -0.2) is 56.4 Å². The van der Waals surface area contributed by atoms with Gasteiger partial charge in [0.1, 0.15) is 11.6 Å². The molecule has 0 spiro atoms. The van der Waals surface area contributed by atoms with Gasteiger partial charge in [-0.25, -0.2) is 13.2 Å². The molecule has 29 heavy (non-hydrogen) atoms. The fourth-order valence-corrected chi connectivity index (χ4v) is 4.55. The average molecular weight is 421 g/mol. The molecule has 1 saturated heterocycles. The number of Topliss-reactive ketones (excluding diaryl/α,β-unsaturated/α-hetero) is 1. The Bertz CT molecular complexity index is 966. The number of nitrogens with zero attached hydrogens (tertiary/aromatic N) is 2. The minimum Gasteiger partial charge on any atom is -0.454 e. The molecule has 9 nitrogen and oxygen atoms in total. The lowest BCUT2D eigenvalue weighted by Gasteiger charge is -2.34. The van der Waals surface area contributed by atoms with Gasteiger partial charge in [0.15, 0.2) is 6.61 Å². The van der Waals surface area contributed by atoms with Crippen molar-refractivity contribution in [2.24, 2.45) is 5.73 Å². The second-order valence-corrected chi connectivity index (χ2v) is 8.71. The Hall–Kier alpha value is -2.74. The summed E-state index contributed by atoms with van der Waals surface area (Å²) in [6.45, 7) is 4.70. The van der Waals surface area contributed by atoms with Gasteiger partial charge in [-0.3, -0.25) is 4.79 Å². The number of sulfonamides is 1. The molecule has 0 amide bonds. The Labute approximate surface area is 169 Å². The number of morpholine rings is 1. The van der Waals surface area contributed by atoms with E-state index in [2.05, 4.69) is 0 Å². The lowest BCUT2D eigenvalue weighted by molar-refractivity contribution is -0.118. The highest BCUT2D eigenvalue weighted by Crippen LogP contribution is 2.22. The van der Waals surface area contributed by atoms with E-state index in [4.69, 9.17) is 20.5 Å². The van der Waals surface area contributed by atoms with Crippen molar-refractivity contribution >= 4 is 21.8 Å². The molecule has 1 aliphatic rings. The lowest BCUT2D eigenvalue weighted by Crippen LogP contribution is -2.48. The van der Waals surface area contributed by atoms with Crippen LogP contribution in [-0.2, 0) is 24.3 Å². The van der Waals surface area contributed by atoms with Gasteiger partial charge in [-0.1, -0.05) is 6.07 Å². The predicted molar refractivity (Wildman–Crippen MR) is 103 cm³/mol. The molecule has 0 radical (unpaired) electrons. The van der Waals surface area contributed by atoms with E-state index in [0.717, 1.165) is 0 Å². The molecule has 156 valence electrons. The first kappa shape index (κ1) is 22.5. The summed E-state index contributed by atoms with van der Waals surface area (Å²) in [6.07, 6.45) is -0.498. The van der Waals surface area contributed by atoms with E-state index in [0.29, 0.717) is 0 Å². The van der Waals surface area contributed by atoms with Gasteiger partial charge in [0.25, 0.3) is 0 Å². The number of ketones is 1. The maximum atomic E-state index is 12.9. The molecule has 10 heteroatoms. The van der Waals surface area contributed by atoms with Gasteiger partial charge in [-0.2, -0.15) is 9.57 Å². The summed E-state index contributed by atoms with van der Waals surface area (Å²) in [6, 6.07) is 7.04. The zero-order chi connectivity index (χ0) is 21.8. The molecule has 1 aromatic carbocycles. The Morgan fingerprint density at radius 1 is 1.31 bits per heavy atom. The van der Waals surface area contributed by atoms with E-state index in [-0.39, 0.29) is 47.0 Å². The third-order valence-corrected chi connectivity index (χ3v) is 6.04. The standard InChI is InChI=1S/C19H23N3O6S/c1-12-9-22(10-13(2)28-12)29(25,26)16-6-4-5-15(7-16)19(24)27-11-18(23)17(8-20)14(3)21/h4-7,12-13H,9-11,21H2,1-3H3/b17-14+. The average Bonchev–Trinajstić information content (AvgIpc) is 2.65. The van der Waals surface area contributed by atoms with Gasteiger partial charge in [0.2, 0.25) is 15.8 Å². The van der Waals surface area contributed by atoms with E-state index in [9.17, 15) is 18.0 Å². The van der Waals surface area contributed by atoms with Crippen molar-refractivity contribution in [3.8, 4) is 6.07 Å². The van der Waals surface area contributed by atoms with Gasteiger partial charge < -0.3 is 15.2 Å². The zero-order valence-electron chi connectivity index (χ0n) is 16.4. The maximum absolute atomic E-state index is 12.9. The monoisotopic (exact) mass is 421 g/mol. The second kappa shape index (κ2) is 9.17. The summed E-state index contributed by atoms with van der Waals surface area (Å²) in [5, 5.41) is 8.91. The minimum absolute atomic E-state index is 0.0237. The first-order valence-electron chi connectivity index (χ1n) is 8.88. The topological polar surface area (TPSA) is 140 Å². The summed E-state index contributed by atoms with van der Waals surface area (Å²) in [5.41, 5.74) is 5.15. The smallest absolute Gasteiger partial charge is 0.338 e. The first-order valence-corrected chi connectivity index (χ1v) is 10.3. The number of nitriles is 1. The fraction of sp³-hybridized carbons (Fsp3) is 0.421. The number of benzene rings is 1. The number of ether oxygens (including phenoxy) is 2. The van der Waals surface area contributed by atoms with Crippen molar-refractivity contribution in [3.05, 3.63) is 41.1 Å². The number of carbonyl (C=O) groups excluding carboxylic acids is 2. The van der Waals surface area contributed by atoms with Crippen molar-refractivity contribution in [1.82, 2.24) is 4.31 Å². The summed E-state index contributed by atoms with van der Waals surface area (Å²) in [5.74, 6) is -1.62. The molecule has 1 fully saturated rings. The molecule has 0 aromatic heterocycles. The van der Waals surface area contributed by atoms with Crippen molar-refractivity contribution in [2.75, 3.05) is 19.7 Å². The molecule has 2 rings (SSSR count). The molecular formula is C19H23N3O6S. The van der Waals surface area contributed by atoms with Crippen LogP contribution in [0, 0.1) is 11.3 Å². The molecule has 2 N–H and O–H groups in total. The second-order valence-electron chi connectivity index (χ2n) is 6.78. The normalized spacial score (nSPS) is 21.0. The zero-order valence-corrected chi connectivity index (χ0v) is 17.2. The van der Waals surface area contributed by atoms with Crippen LogP contribution in [0.2, 0.25) is 0 Å². The quantitative estimate of drug-likeness (QED) is 0.407. The van der Waals surface area contributed by atoms with E-state index in [1.165, 1.54) is 35.5 Å². The van der Waals surface area contributed by atoms with Crippen LogP contribution < -0.4 is 5.73 Å². The van der Waals surface area contributed by atoms with Gasteiger partial charge in [0.05, 0.1) is 22.7 Å². The highest BCUT2D eigenvalue weighted by Gasteiger charge is 2.32. The Balaban J connectivity index is 2.16. The van der Waals surface area contributed by atoms with E-state index >= 15 is 0 Å². The van der Waals surface area contributed by atoms with Gasteiger partial charge in [-0.15, -0.1) is 0 Å². The maximum Gasteiger partial charge on any atom is 0.338 e. The van der Waals surface area contributed by atoms with Crippen molar-refractivity contribution in [1.29, 1.82) is 5.26 Å². The Morgan fingerprint density at radius 2 is 1.93 bits per heavy atom. The molecule has 0 bridgehead atoms. The predicted octanol–water partition coefficient (Wildman–Crippen LogP) is 0.967. The summed E-state index contributed by atoms with van der Waals surface area (Å²) >= 11 is 0. The number of allylic oxidation sites excluding steroid dienone is 1. The lowest BCUT2D eigenvalue weighted by atomic mass is 10.1. The van der Waals surface area contributed by atoms with Crippen LogP contribution in [0.5, 0.6) is 0 Å². The van der Waals surface area contributed by atoms with E-state index in [1.54, 1.807) is 19.9 Å². The van der Waals surface area contributed by atoms with Crippen LogP contribution >= 0.6 is 0 Å². The SMILES string of the molecule is C/C(N)=C(/C#N)C(=O)COC(=O)c1cccc(S(=O)(=O)N2CC(C)OC(C)C2)c1. The first-order chi connectivity index (χ1) is 13.6. The number of carbonyl (C=O) groups is 2. The number of hydrogen-bond donors (Lipinski definition) is 1. The van der Waals surface area contributed by atoms with Crippen molar-refractivity contribution in [2.45, 2.75) is 37.9 Å². The highest BCUT2D eigenvalue weighted by atomic mass is 32.2. The fourth-order valence-electron chi connectivity index (χ4n) is 2.92. The third-order valence-electron chi connectivity index (χ3n) is 4.21. The van der Waals surface area contributed by atoms with Gasteiger partial charge >= 0.3 is 5.97 Å². The molecule has 0 aliphatic carbocycles. The number of esters is 1. The van der Waals surface area contributed by atoms with Crippen LogP contribution in [0.1, 0.15) is 31.1 Å². The summed E-state index contributed by atoms with van der Waals surface area (Å²) in [7, 11) is -3.83. The van der Waals surface area contributed by atoms with Crippen LogP contribution in [0.4, 0.5) is 0 Å². The summed E-state index contributed by atoms with van der Waals surface area (Å²) < 4.78 is 37.6. The largest absolute Gasteiger partial charge is 0.454 e. The van der Waals surface area contributed by atoms with E-state index in [1.807, 2.05) is 0 Å². The van der Waals surface area contributed by atoms with E-state index < -0.39 is 28.4 Å². The van der Waals surface area contributed by atoms with Crippen LogP contribution in [0.15, 0.2) is 40.4 Å². The van der Waals surface area contributed by atoms with Gasteiger partial charge in [0, 0.05) is 18.8 Å². The molecule has 2 atom stereocenters. The minimum atomic E-state index is -3.83.